The van der Waals surface area contributed by atoms with Crippen LogP contribution >= 0.6 is 23.4 Å². The molecule has 2 amide bonds. The predicted molar refractivity (Wildman–Crippen MR) is 104 cm³/mol. The Balaban J connectivity index is 1.59. The number of imide groups is 1. The zero-order valence-electron chi connectivity index (χ0n) is 13.9. The second kappa shape index (κ2) is 8.25. The molecule has 0 spiro atoms. The van der Waals surface area contributed by atoms with Crippen molar-refractivity contribution in [1.82, 2.24) is 10.3 Å². The summed E-state index contributed by atoms with van der Waals surface area (Å²) in [7, 11) is 1.94. The summed E-state index contributed by atoms with van der Waals surface area (Å²) in [5, 5.41) is 2.27. The molecule has 2 heterocycles. The van der Waals surface area contributed by atoms with E-state index in [0.717, 1.165) is 17.6 Å². The maximum atomic E-state index is 11.6. The minimum absolute atomic E-state index is 0.322. The molecule has 134 valence electrons. The van der Waals surface area contributed by atoms with Gasteiger partial charge in [0.2, 0.25) is 0 Å². The third-order valence-corrected chi connectivity index (χ3v) is 4.77. The van der Waals surface area contributed by atoms with Crippen molar-refractivity contribution in [3.05, 3.63) is 58.1 Å². The molecule has 0 atom stereocenters. The number of thioether (sulfide) groups is 1. The maximum absolute atomic E-state index is 11.6. The lowest BCUT2D eigenvalue weighted by Gasteiger charge is -2.18. The van der Waals surface area contributed by atoms with Crippen LogP contribution < -0.4 is 15.0 Å². The average Bonchev–Trinajstić information content (AvgIpc) is 2.95. The van der Waals surface area contributed by atoms with Gasteiger partial charge in [-0.1, -0.05) is 17.7 Å². The number of halogens is 1. The fraction of sp³-hybridized carbons (Fsp3) is 0.167. The third kappa shape index (κ3) is 4.56. The molecule has 1 aromatic carbocycles. The van der Waals surface area contributed by atoms with Crippen LogP contribution in [0.2, 0.25) is 5.02 Å². The number of nitrogens with one attached hydrogen (secondary N) is 1. The van der Waals surface area contributed by atoms with Crippen LogP contribution in [0.15, 0.2) is 47.5 Å². The second-order valence-corrected chi connectivity index (χ2v) is 6.92. The molecule has 0 unspecified atom stereocenters. The van der Waals surface area contributed by atoms with E-state index in [-0.39, 0.29) is 5.24 Å². The predicted octanol–water partition coefficient (Wildman–Crippen LogP) is 3.57. The lowest BCUT2D eigenvalue weighted by atomic mass is 10.2. The number of hydrogen-bond acceptors (Lipinski definition) is 6. The number of carbonyl (C=O) groups excluding carboxylic acids is 2. The highest BCUT2D eigenvalue weighted by Gasteiger charge is 2.25. The molecule has 1 aliphatic rings. The summed E-state index contributed by atoms with van der Waals surface area (Å²) in [6, 6.07) is 11.0. The van der Waals surface area contributed by atoms with Gasteiger partial charge in [0.15, 0.2) is 0 Å². The molecule has 1 aliphatic heterocycles. The quantitative estimate of drug-likeness (QED) is 0.761. The van der Waals surface area contributed by atoms with Gasteiger partial charge in [-0.3, -0.25) is 14.9 Å². The molecule has 0 aliphatic carbocycles. The Morgan fingerprint density at radius 3 is 2.81 bits per heavy atom. The highest BCUT2D eigenvalue weighted by atomic mass is 35.5. The number of carbonyl (C=O) groups is 2. The van der Waals surface area contributed by atoms with Crippen molar-refractivity contribution in [2.45, 2.75) is 0 Å². The number of rotatable bonds is 6. The summed E-state index contributed by atoms with van der Waals surface area (Å²) < 4.78 is 5.73. The van der Waals surface area contributed by atoms with Crippen LogP contribution in [0.1, 0.15) is 5.56 Å². The van der Waals surface area contributed by atoms with Crippen LogP contribution in [0, 0.1) is 0 Å². The first-order chi connectivity index (χ1) is 12.5. The molecule has 1 aromatic heterocycles. The van der Waals surface area contributed by atoms with Gasteiger partial charge in [0, 0.05) is 13.2 Å². The zero-order valence-corrected chi connectivity index (χ0v) is 15.5. The van der Waals surface area contributed by atoms with Crippen LogP contribution in [0.4, 0.5) is 10.6 Å². The van der Waals surface area contributed by atoms with Crippen LogP contribution in [0.5, 0.6) is 5.75 Å². The van der Waals surface area contributed by atoms with Crippen LogP contribution in [-0.2, 0) is 4.79 Å². The minimum Gasteiger partial charge on any atom is -0.492 e. The van der Waals surface area contributed by atoms with Crippen LogP contribution in [0.3, 0.4) is 0 Å². The SMILES string of the molecule is CN(CCOc1ccc(C=C2SC(=O)NC2=O)c(Cl)c1)c1ccccn1. The van der Waals surface area contributed by atoms with E-state index in [2.05, 4.69) is 10.3 Å². The average molecular weight is 390 g/mol. The number of ether oxygens (including phenoxy) is 1. The normalized spacial score (nSPS) is 15.2. The van der Waals surface area contributed by atoms with E-state index in [0.29, 0.717) is 34.4 Å². The molecule has 0 radical (unpaired) electrons. The smallest absolute Gasteiger partial charge is 0.290 e. The van der Waals surface area contributed by atoms with Crippen LogP contribution in [-0.4, -0.2) is 36.3 Å². The molecule has 26 heavy (non-hydrogen) atoms. The molecule has 3 rings (SSSR count). The van der Waals surface area contributed by atoms with Gasteiger partial charge in [-0.05, 0) is 53.7 Å². The highest BCUT2D eigenvalue weighted by molar-refractivity contribution is 8.18. The number of aromatic nitrogens is 1. The molecule has 1 saturated heterocycles. The van der Waals surface area contributed by atoms with Gasteiger partial charge in [0.1, 0.15) is 18.2 Å². The standard InChI is InChI=1S/C18H16ClN3O3S/c1-22(16-4-2-3-7-20-16)8-9-25-13-6-5-12(14(19)11-13)10-15-17(23)21-18(24)26-15/h2-7,10-11H,8-9H2,1H3,(H,21,23,24). The van der Waals surface area contributed by atoms with Crippen LogP contribution in [0.25, 0.3) is 6.08 Å². The molecule has 1 N–H and O–H groups in total. The van der Waals surface area contributed by atoms with Gasteiger partial charge in [-0.25, -0.2) is 4.98 Å². The van der Waals surface area contributed by atoms with Gasteiger partial charge >= 0.3 is 0 Å². The number of anilines is 1. The van der Waals surface area contributed by atoms with Crippen molar-refractivity contribution < 1.29 is 14.3 Å². The largest absolute Gasteiger partial charge is 0.492 e. The Morgan fingerprint density at radius 1 is 1.31 bits per heavy atom. The van der Waals surface area contributed by atoms with E-state index in [1.54, 1.807) is 30.5 Å². The van der Waals surface area contributed by atoms with E-state index in [1.807, 2.05) is 30.1 Å². The first-order valence-corrected chi connectivity index (χ1v) is 9.02. The van der Waals surface area contributed by atoms with Gasteiger partial charge in [-0.2, -0.15) is 0 Å². The van der Waals surface area contributed by atoms with E-state index < -0.39 is 5.91 Å². The second-order valence-electron chi connectivity index (χ2n) is 5.49. The first kappa shape index (κ1) is 18.3. The molecule has 1 fully saturated rings. The van der Waals surface area contributed by atoms with Crippen molar-refractivity contribution in [1.29, 1.82) is 0 Å². The zero-order chi connectivity index (χ0) is 18.5. The molecule has 2 aromatic rings. The van der Waals surface area contributed by atoms with Gasteiger partial charge in [0.05, 0.1) is 16.5 Å². The molecule has 0 bridgehead atoms. The molecule has 6 nitrogen and oxygen atoms in total. The summed E-state index contributed by atoms with van der Waals surface area (Å²) in [5.41, 5.74) is 0.650. The monoisotopic (exact) mass is 389 g/mol. The van der Waals surface area contributed by atoms with Gasteiger partial charge in [-0.15, -0.1) is 0 Å². The van der Waals surface area contributed by atoms with E-state index >= 15 is 0 Å². The van der Waals surface area contributed by atoms with Gasteiger partial charge in [0.25, 0.3) is 11.1 Å². The Labute approximate surface area is 160 Å². The minimum atomic E-state index is -0.408. The molecule has 8 heteroatoms. The number of hydrogen-bond donors (Lipinski definition) is 1. The maximum Gasteiger partial charge on any atom is 0.290 e. The Hall–Kier alpha value is -2.51. The number of likely N-dealkylation sites (N-methyl/N-ethyl adjacent to an activating group) is 1. The Morgan fingerprint density at radius 2 is 2.15 bits per heavy atom. The highest BCUT2D eigenvalue weighted by Crippen LogP contribution is 2.30. The fourth-order valence-corrected chi connectivity index (χ4v) is 3.17. The topological polar surface area (TPSA) is 71.5 Å². The summed E-state index contributed by atoms with van der Waals surface area (Å²) in [4.78, 5) is 29.4. The Kier molecular flexibility index (Phi) is 5.80. The van der Waals surface area contributed by atoms with E-state index in [4.69, 9.17) is 16.3 Å². The summed E-state index contributed by atoms with van der Waals surface area (Å²) in [5.74, 6) is 1.10. The van der Waals surface area contributed by atoms with Crippen molar-refractivity contribution in [3.8, 4) is 5.75 Å². The van der Waals surface area contributed by atoms with E-state index in [1.165, 1.54) is 0 Å². The number of nitrogens with zero attached hydrogens (tertiary/aromatic N) is 2. The summed E-state index contributed by atoms with van der Waals surface area (Å²) >= 11 is 7.11. The lowest BCUT2D eigenvalue weighted by Crippen LogP contribution is -2.24. The lowest BCUT2D eigenvalue weighted by molar-refractivity contribution is -0.115. The number of benzene rings is 1. The van der Waals surface area contributed by atoms with Crippen molar-refractivity contribution in [2.75, 3.05) is 25.1 Å². The first-order valence-electron chi connectivity index (χ1n) is 7.82. The van der Waals surface area contributed by atoms with E-state index in [9.17, 15) is 9.59 Å². The number of amides is 2. The third-order valence-electron chi connectivity index (χ3n) is 3.64. The van der Waals surface area contributed by atoms with Crippen molar-refractivity contribution in [3.63, 3.8) is 0 Å². The number of pyridine rings is 1. The summed E-state index contributed by atoms with van der Waals surface area (Å²) in [6.07, 6.45) is 3.34. The van der Waals surface area contributed by atoms with Crippen molar-refractivity contribution >= 4 is 46.4 Å². The molecule has 0 saturated carbocycles. The summed E-state index contributed by atoms with van der Waals surface area (Å²) in [6.45, 7) is 1.13. The van der Waals surface area contributed by atoms with Crippen molar-refractivity contribution in [2.24, 2.45) is 0 Å². The Bertz CT molecular complexity index is 858. The molecular weight excluding hydrogens is 374 g/mol. The van der Waals surface area contributed by atoms with Gasteiger partial charge < -0.3 is 9.64 Å². The fourth-order valence-electron chi connectivity index (χ4n) is 2.27. The molecular formula is C18H16ClN3O3S.